The first-order chi connectivity index (χ1) is 26.4. The van der Waals surface area contributed by atoms with Crippen LogP contribution < -0.4 is 11.1 Å². The second kappa shape index (κ2) is 42.3. The molecule has 0 aromatic rings. The first-order valence-electron chi connectivity index (χ1n) is 23.5. The molecular weight excluding hydrogens is 673 g/mol. The minimum atomic E-state index is -1.00. The quantitative estimate of drug-likeness (QED) is 0.0323. The van der Waals surface area contributed by atoms with Crippen molar-refractivity contribution in [2.24, 2.45) is 5.73 Å². The third-order valence-electron chi connectivity index (χ3n) is 10.8. The van der Waals surface area contributed by atoms with Gasteiger partial charge in [0.25, 0.3) is 0 Å². The first kappa shape index (κ1) is 52.1. The fourth-order valence-electron chi connectivity index (χ4n) is 7.27. The zero-order valence-electron chi connectivity index (χ0n) is 35.8. The maximum absolute atomic E-state index is 12.8. The smallest absolute Gasteiger partial charge is 0.326 e. The molecule has 0 spiro atoms. The molecule has 7 nitrogen and oxygen atoms in total. The van der Waals surface area contributed by atoms with Gasteiger partial charge in [-0.3, -0.25) is 9.59 Å². The van der Waals surface area contributed by atoms with Crippen LogP contribution in [0.3, 0.4) is 0 Å². The third kappa shape index (κ3) is 38.4. The summed E-state index contributed by atoms with van der Waals surface area (Å²) in [6.07, 6.45) is 46.9. The number of carbonyl (C=O) groups excluding carboxylic acids is 2. The van der Waals surface area contributed by atoms with Crippen molar-refractivity contribution in [1.82, 2.24) is 5.32 Å². The zero-order chi connectivity index (χ0) is 39.6. The maximum atomic E-state index is 12.8. The van der Waals surface area contributed by atoms with Crippen molar-refractivity contribution in [2.45, 2.75) is 264 Å². The molecule has 0 aromatic heterocycles. The van der Waals surface area contributed by atoms with E-state index in [0.29, 0.717) is 32.2 Å². The van der Waals surface area contributed by atoms with E-state index in [0.717, 1.165) is 64.2 Å². The van der Waals surface area contributed by atoms with E-state index in [1.165, 1.54) is 148 Å². The second-order valence-corrected chi connectivity index (χ2v) is 16.2. The highest BCUT2D eigenvalue weighted by molar-refractivity contribution is 5.83. The normalized spacial score (nSPS) is 12.6. The Hall–Kier alpha value is -1.89. The van der Waals surface area contributed by atoms with Crippen LogP contribution in [0.25, 0.3) is 0 Å². The zero-order valence-corrected chi connectivity index (χ0v) is 35.8. The minimum absolute atomic E-state index is 0.0170. The van der Waals surface area contributed by atoms with Crippen LogP contribution in [0.2, 0.25) is 0 Å². The predicted molar refractivity (Wildman–Crippen MR) is 230 cm³/mol. The summed E-state index contributed by atoms with van der Waals surface area (Å²) in [4.78, 5) is 36.4. The first-order valence-corrected chi connectivity index (χ1v) is 23.5. The maximum Gasteiger partial charge on any atom is 0.326 e. The molecule has 0 saturated heterocycles. The summed E-state index contributed by atoms with van der Waals surface area (Å²) >= 11 is 0. The molecule has 0 aromatic carbocycles. The molecule has 0 aliphatic heterocycles. The van der Waals surface area contributed by atoms with Crippen LogP contribution in [0, 0.1) is 0 Å². The number of hydrogen-bond donors (Lipinski definition) is 3. The fraction of sp³-hybridized carbons (Fsp3) is 0.894. The lowest BCUT2D eigenvalue weighted by Gasteiger charge is -2.18. The summed E-state index contributed by atoms with van der Waals surface area (Å²) in [5.41, 5.74) is 5.49. The van der Waals surface area contributed by atoms with Crippen LogP contribution in [0.15, 0.2) is 12.2 Å². The Labute approximate surface area is 334 Å². The van der Waals surface area contributed by atoms with Gasteiger partial charge in [-0.1, -0.05) is 174 Å². The molecule has 0 aliphatic carbocycles. The average molecular weight is 763 g/mol. The van der Waals surface area contributed by atoms with Crippen molar-refractivity contribution in [3.63, 3.8) is 0 Å². The lowest BCUT2D eigenvalue weighted by molar-refractivity contribution is -0.150. The highest BCUT2D eigenvalue weighted by Crippen LogP contribution is 2.19. The molecule has 2 unspecified atom stereocenters. The molecule has 1 amide bonds. The van der Waals surface area contributed by atoms with Crippen molar-refractivity contribution in [3.05, 3.63) is 12.2 Å². The third-order valence-corrected chi connectivity index (χ3v) is 10.8. The number of carboxylic acids is 1. The number of esters is 1. The number of rotatable bonds is 43. The van der Waals surface area contributed by atoms with E-state index in [4.69, 9.17) is 10.5 Å². The number of ether oxygens (including phenoxy) is 1. The van der Waals surface area contributed by atoms with E-state index in [9.17, 15) is 19.5 Å². The number of hydrogen-bond acceptors (Lipinski definition) is 5. The number of nitrogens with one attached hydrogen (secondary N) is 1. The Kier molecular flexibility index (Phi) is 40.8. The summed E-state index contributed by atoms with van der Waals surface area (Å²) in [5, 5.41) is 11.9. The number of carbonyl (C=O) groups is 3. The van der Waals surface area contributed by atoms with Gasteiger partial charge >= 0.3 is 11.9 Å². The second-order valence-electron chi connectivity index (χ2n) is 16.2. The van der Waals surface area contributed by atoms with E-state index < -0.39 is 12.0 Å². The monoisotopic (exact) mass is 763 g/mol. The summed E-state index contributed by atoms with van der Waals surface area (Å²) in [6, 6.07) is -0.854. The molecule has 54 heavy (non-hydrogen) atoms. The Bertz CT molecular complexity index is 863. The van der Waals surface area contributed by atoms with E-state index in [1.54, 1.807) is 0 Å². The van der Waals surface area contributed by atoms with E-state index >= 15 is 0 Å². The summed E-state index contributed by atoms with van der Waals surface area (Å²) in [7, 11) is 0. The molecule has 7 heteroatoms. The molecule has 318 valence electrons. The Balaban J connectivity index is 4.21. The molecular formula is C47H90N2O5. The summed E-state index contributed by atoms with van der Waals surface area (Å²) in [5.74, 6) is -1.22. The van der Waals surface area contributed by atoms with Gasteiger partial charge in [0.1, 0.15) is 12.1 Å². The van der Waals surface area contributed by atoms with Crippen molar-refractivity contribution in [2.75, 3.05) is 6.54 Å². The SMILES string of the molecule is CCCCCCCCC/C=C\CCCCCCCCCC(=O)OC(CCCCCCCCCCCC)CCCCCCCC(=O)NC(CCCN)C(=O)O. The van der Waals surface area contributed by atoms with Gasteiger partial charge in [0, 0.05) is 12.8 Å². The lowest BCUT2D eigenvalue weighted by atomic mass is 10.0. The van der Waals surface area contributed by atoms with Crippen molar-refractivity contribution < 1.29 is 24.2 Å². The largest absolute Gasteiger partial charge is 0.480 e. The van der Waals surface area contributed by atoms with E-state index in [2.05, 4.69) is 31.3 Å². The fourth-order valence-corrected chi connectivity index (χ4v) is 7.27. The summed E-state index contributed by atoms with van der Waals surface area (Å²) < 4.78 is 6.06. The predicted octanol–water partition coefficient (Wildman–Crippen LogP) is 13.5. The number of allylic oxidation sites excluding steroid dienone is 2. The highest BCUT2D eigenvalue weighted by Gasteiger charge is 2.19. The Morgan fingerprint density at radius 2 is 0.907 bits per heavy atom. The van der Waals surface area contributed by atoms with Crippen LogP contribution in [0.5, 0.6) is 0 Å². The molecule has 0 aliphatic rings. The Morgan fingerprint density at radius 3 is 1.33 bits per heavy atom. The molecule has 4 N–H and O–H groups in total. The topological polar surface area (TPSA) is 119 Å². The number of carboxylic acid groups (broad SMARTS) is 1. The van der Waals surface area contributed by atoms with Crippen LogP contribution in [0.1, 0.15) is 251 Å². The molecule has 0 radical (unpaired) electrons. The van der Waals surface area contributed by atoms with Crippen LogP contribution >= 0.6 is 0 Å². The van der Waals surface area contributed by atoms with Gasteiger partial charge in [0.15, 0.2) is 0 Å². The van der Waals surface area contributed by atoms with Gasteiger partial charge in [-0.15, -0.1) is 0 Å². The average Bonchev–Trinajstić information content (AvgIpc) is 3.16. The van der Waals surface area contributed by atoms with Crippen molar-refractivity contribution in [3.8, 4) is 0 Å². The van der Waals surface area contributed by atoms with Crippen molar-refractivity contribution in [1.29, 1.82) is 0 Å². The van der Waals surface area contributed by atoms with Crippen LogP contribution in [-0.2, 0) is 19.1 Å². The molecule has 2 atom stereocenters. The van der Waals surface area contributed by atoms with E-state index in [-0.39, 0.29) is 18.0 Å². The van der Waals surface area contributed by atoms with Gasteiger partial charge in [0.2, 0.25) is 5.91 Å². The molecule has 0 saturated carbocycles. The van der Waals surface area contributed by atoms with Crippen molar-refractivity contribution >= 4 is 17.8 Å². The molecule has 0 heterocycles. The van der Waals surface area contributed by atoms with Gasteiger partial charge < -0.3 is 20.9 Å². The van der Waals surface area contributed by atoms with Crippen LogP contribution in [0.4, 0.5) is 0 Å². The molecule has 0 rings (SSSR count). The number of aliphatic carboxylic acids is 1. The number of nitrogens with two attached hydrogens (primary N) is 1. The van der Waals surface area contributed by atoms with Gasteiger partial charge in [-0.2, -0.15) is 0 Å². The highest BCUT2D eigenvalue weighted by atomic mass is 16.5. The summed E-state index contributed by atoms with van der Waals surface area (Å²) in [6.45, 7) is 4.96. The molecule has 0 bridgehead atoms. The standard InChI is InChI=1S/C47H90N2O5/c1-3-5-7-9-11-13-15-16-17-18-19-20-21-22-24-26-31-35-41-46(51)54-43(37-32-28-25-23-14-12-10-8-6-4-2)38-33-29-27-30-34-40-45(50)49-44(47(52)53)39-36-42-48/h17-18,43-44H,3-16,19-42,48H2,1-2H3,(H,49,50)(H,52,53)/b18-17-. The van der Waals surface area contributed by atoms with Crippen LogP contribution in [-0.4, -0.2) is 41.6 Å². The number of amides is 1. The van der Waals surface area contributed by atoms with Gasteiger partial charge in [-0.05, 0) is 83.6 Å². The van der Waals surface area contributed by atoms with Gasteiger partial charge in [-0.25, -0.2) is 4.79 Å². The lowest BCUT2D eigenvalue weighted by Crippen LogP contribution is -2.40. The number of unbranched alkanes of at least 4 members (excludes halogenated alkanes) is 27. The van der Waals surface area contributed by atoms with Gasteiger partial charge in [0.05, 0.1) is 0 Å². The Morgan fingerprint density at radius 1 is 0.519 bits per heavy atom. The molecule has 0 fully saturated rings. The van der Waals surface area contributed by atoms with E-state index in [1.807, 2.05) is 0 Å². The minimum Gasteiger partial charge on any atom is -0.480 e.